The Kier molecular flexibility index (Phi) is 5.21. The summed E-state index contributed by atoms with van der Waals surface area (Å²) in [7, 11) is 0. The number of aliphatic carboxylic acids is 1. The summed E-state index contributed by atoms with van der Waals surface area (Å²) in [6.45, 7) is 4.28. The van der Waals surface area contributed by atoms with Gasteiger partial charge in [0.05, 0.1) is 13.1 Å². The van der Waals surface area contributed by atoms with Crippen molar-refractivity contribution in [2.75, 3.05) is 26.2 Å². The maximum Gasteiger partial charge on any atom is 0.137 e. The van der Waals surface area contributed by atoms with E-state index in [0.717, 1.165) is 24.5 Å². The third kappa shape index (κ3) is 4.91. The van der Waals surface area contributed by atoms with Crippen LogP contribution >= 0.6 is 0 Å². The van der Waals surface area contributed by atoms with Crippen LogP contribution in [0.15, 0.2) is 24.3 Å². The Morgan fingerprint density at radius 2 is 2.11 bits per heavy atom. The smallest absolute Gasteiger partial charge is 0.137 e. The second-order valence-corrected chi connectivity index (χ2v) is 5.07. The van der Waals surface area contributed by atoms with Gasteiger partial charge in [0.15, 0.2) is 0 Å². The number of hydrogen-bond acceptors (Lipinski definition) is 3. The predicted molar refractivity (Wildman–Crippen MR) is 70.1 cm³/mol. The minimum absolute atomic E-state index is 0.0569. The van der Waals surface area contributed by atoms with Crippen molar-refractivity contribution in [3.63, 3.8) is 0 Å². The molecule has 1 N–H and O–H groups in total. The Balaban J connectivity index is 1.76. The first-order chi connectivity index (χ1) is 9.24. The second-order valence-electron chi connectivity index (χ2n) is 5.07. The average Bonchev–Trinajstić information content (AvgIpc) is 2.90. The first-order valence-corrected chi connectivity index (χ1v) is 6.99. The van der Waals surface area contributed by atoms with Crippen molar-refractivity contribution in [1.29, 1.82) is 0 Å². The molecule has 0 unspecified atom stereocenters. The summed E-state index contributed by atoms with van der Waals surface area (Å²) < 4.78 is 5.73. The van der Waals surface area contributed by atoms with Crippen LogP contribution in [0.2, 0.25) is 0 Å². The molecule has 0 radical (unpaired) electrons. The van der Waals surface area contributed by atoms with Gasteiger partial charge >= 0.3 is 0 Å². The number of quaternary nitrogens is 1. The van der Waals surface area contributed by atoms with Crippen molar-refractivity contribution >= 4 is 5.97 Å². The fourth-order valence-electron chi connectivity index (χ4n) is 2.48. The Hall–Kier alpha value is -1.55. The van der Waals surface area contributed by atoms with Gasteiger partial charge in [-0.15, -0.1) is 0 Å². The fourth-order valence-corrected chi connectivity index (χ4v) is 2.48. The molecule has 4 nitrogen and oxygen atoms in total. The molecule has 2 rings (SSSR count). The van der Waals surface area contributed by atoms with E-state index in [1.165, 1.54) is 25.9 Å². The van der Waals surface area contributed by atoms with Crippen LogP contribution in [0.25, 0.3) is 0 Å². The standard InChI is InChI=1S/C15H21NO3/c17-15(18)7-6-13-4-3-5-14(12-13)19-11-10-16-8-1-2-9-16/h3-5,12H,1-2,6-11H2,(H,17,18). The maximum atomic E-state index is 10.4. The molecule has 1 aromatic rings. The highest BCUT2D eigenvalue weighted by molar-refractivity contribution is 5.64. The van der Waals surface area contributed by atoms with E-state index >= 15 is 0 Å². The summed E-state index contributed by atoms with van der Waals surface area (Å²) in [6, 6.07) is 7.66. The SMILES string of the molecule is O=C([O-])CCc1cccc(OCC[NH+]2CCCC2)c1. The van der Waals surface area contributed by atoms with Crippen LogP contribution < -0.4 is 14.7 Å². The second kappa shape index (κ2) is 7.14. The molecule has 1 saturated heterocycles. The number of rotatable bonds is 7. The summed E-state index contributed by atoms with van der Waals surface area (Å²) in [5.41, 5.74) is 0.982. The van der Waals surface area contributed by atoms with Crippen LogP contribution in [0.3, 0.4) is 0 Å². The predicted octanol–water partition coefficient (Wildman–Crippen LogP) is -0.573. The van der Waals surface area contributed by atoms with E-state index < -0.39 is 5.97 Å². The molecule has 1 aliphatic heterocycles. The lowest BCUT2D eigenvalue weighted by atomic mass is 10.1. The van der Waals surface area contributed by atoms with Gasteiger partial charge in [-0.05, 0) is 30.5 Å². The van der Waals surface area contributed by atoms with Gasteiger partial charge in [0.2, 0.25) is 0 Å². The van der Waals surface area contributed by atoms with E-state index in [0.29, 0.717) is 6.42 Å². The minimum Gasteiger partial charge on any atom is -0.550 e. The molecule has 0 bridgehead atoms. The number of nitrogens with one attached hydrogen (secondary N) is 1. The van der Waals surface area contributed by atoms with Gasteiger partial charge in [0.25, 0.3) is 0 Å². The maximum absolute atomic E-state index is 10.4. The molecule has 1 heterocycles. The molecular formula is C15H21NO3. The van der Waals surface area contributed by atoms with Crippen molar-refractivity contribution in [1.82, 2.24) is 0 Å². The molecule has 1 fully saturated rings. The van der Waals surface area contributed by atoms with Gasteiger partial charge in [0.1, 0.15) is 18.9 Å². The molecule has 0 atom stereocenters. The van der Waals surface area contributed by atoms with Gasteiger partial charge in [0, 0.05) is 18.8 Å². The molecule has 0 spiro atoms. The van der Waals surface area contributed by atoms with E-state index in [1.807, 2.05) is 24.3 Å². The number of carboxylic acid groups (broad SMARTS) is 1. The van der Waals surface area contributed by atoms with Gasteiger partial charge in [-0.25, -0.2) is 0 Å². The topological polar surface area (TPSA) is 53.8 Å². The summed E-state index contributed by atoms with van der Waals surface area (Å²) >= 11 is 0. The Labute approximate surface area is 114 Å². The molecule has 19 heavy (non-hydrogen) atoms. The highest BCUT2D eigenvalue weighted by atomic mass is 16.5. The highest BCUT2D eigenvalue weighted by Crippen LogP contribution is 2.14. The van der Waals surface area contributed by atoms with Crippen LogP contribution in [0.5, 0.6) is 5.75 Å². The van der Waals surface area contributed by atoms with E-state index in [4.69, 9.17) is 4.74 Å². The van der Waals surface area contributed by atoms with Gasteiger partial charge < -0.3 is 19.5 Å². The average molecular weight is 263 g/mol. The zero-order valence-electron chi connectivity index (χ0n) is 11.2. The van der Waals surface area contributed by atoms with Crippen molar-refractivity contribution in [3.8, 4) is 5.75 Å². The van der Waals surface area contributed by atoms with E-state index in [2.05, 4.69) is 0 Å². The lowest BCUT2D eigenvalue weighted by Gasteiger charge is -2.13. The first-order valence-electron chi connectivity index (χ1n) is 6.99. The quantitative estimate of drug-likeness (QED) is 0.716. The lowest BCUT2D eigenvalue weighted by Crippen LogP contribution is -3.10. The van der Waals surface area contributed by atoms with Gasteiger partial charge in [-0.1, -0.05) is 12.1 Å². The molecule has 0 saturated carbocycles. The Morgan fingerprint density at radius 1 is 1.32 bits per heavy atom. The molecule has 1 aliphatic rings. The van der Waals surface area contributed by atoms with Crippen LogP contribution in [0.1, 0.15) is 24.8 Å². The number of carbonyl (C=O) groups excluding carboxylic acids is 1. The number of hydrogen-bond donors (Lipinski definition) is 1. The van der Waals surface area contributed by atoms with Crippen LogP contribution in [-0.4, -0.2) is 32.2 Å². The van der Waals surface area contributed by atoms with Crippen LogP contribution in [0.4, 0.5) is 0 Å². The molecule has 1 aromatic carbocycles. The normalized spacial score (nSPS) is 15.6. The van der Waals surface area contributed by atoms with Crippen LogP contribution in [-0.2, 0) is 11.2 Å². The number of ether oxygens (including phenoxy) is 1. The van der Waals surface area contributed by atoms with Crippen molar-refractivity contribution < 1.29 is 19.5 Å². The van der Waals surface area contributed by atoms with E-state index in [1.54, 1.807) is 4.90 Å². The van der Waals surface area contributed by atoms with Crippen LogP contribution in [0, 0.1) is 0 Å². The molecule has 4 heteroatoms. The minimum atomic E-state index is -1.01. The summed E-state index contributed by atoms with van der Waals surface area (Å²) in [6.07, 6.45) is 3.21. The number of benzene rings is 1. The summed E-state index contributed by atoms with van der Waals surface area (Å²) in [5, 5.41) is 10.4. The first kappa shape index (κ1) is 13.9. The molecule has 0 amide bonds. The zero-order valence-corrected chi connectivity index (χ0v) is 11.2. The van der Waals surface area contributed by atoms with E-state index in [9.17, 15) is 9.90 Å². The molecule has 0 aromatic heterocycles. The number of carboxylic acids is 1. The Morgan fingerprint density at radius 3 is 2.84 bits per heavy atom. The lowest BCUT2D eigenvalue weighted by molar-refractivity contribution is -0.887. The third-order valence-corrected chi connectivity index (χ3v) is 3.55. The van der Waals surface area contributed by atoms with Crippen molar-refractivity contribution in [2.24, 2.45) is 0 Å². The Bertz CT molecular complexity index is 414. The highest BCUT2D eigenvalue weighted by Gasteiger charge is 2.14. The molecular weight excluding hydrogens is 242 g/mol. The van der Waals surface area contributed by atoms with Crippen molar-refractivity contribution in [3.05, 3.63) is 29.8 Å². The van der Waals surface area contributed by atoms with Gasteiger partial charge in [-0.2, -0.15) is 0 Å². The molecule has 104 valence electrons. The summed E-state index contributed by atoms with van der Waals surface area (Å²) in [5.74, 6) is -0.182. The monoisotopic (exact) mass is 263 g/mol. The summed E-state index contributed by atoms with van der Waals surface area (Å²) in [4.78, 5) is 12.1. The number of likely N-dealkylation sites (tertiary alicyclic amines) is 1. The largest absolute Gasteiger partial charge is 0.550 e. The molecule has 0 aliphatic carbocycles. The third-order valence-electron chi connectivity index (χ3n) is 3.55. The number of aryl methyl sites for hydroxylation is 1. The fraction of sp³-hybridized carbons (Fsp3) is 0.533. The number of carbonyl (C=O) groups is 1. The van der Waals surface area contributed by atoms with Crippen molar-refractivity contribution in [2.45, 2.75) is 25.7 Å². The van der Waals surface area contributed by atoms with E-state index in [-0.39, 0.29) is 6.42 Å². The zero-order chi connectivity index (χ0) is 13.5. The van der Waals surface area contributed by atoms with Gasteiger partial charge in [-0.3, -0.25) is 0 Å².